The topological polar surface area (TPSA) is 88.0 Å². The number of pyridine rings is 1. The molecule has 0 saturated carbocycles. The molecule has 2 heterocycles. The Bertz CT molecular complexity index is 530. The first kappa shape index (κ1) is 10.2. The molecule has 2 N–H and O–H groups in total. The zero-order chi connectivity index (χ0) is 11.4. The van der Waals surface area contributed by atoms with E-state index >= 15 is 0 Å². The Morgan fingerprint density at radius 2 is 2.38 bits per heavy atom. The van der Waals surface area contributed by atoms with Gasteiger partial charge in [0, 0.05) is 24.5 Å². The number of carbonyl (C=O) groups is 1. The van der Waals surface area contributed by atoms with Gasteiger partial charge in [0.15, 0.2) is 11.2 Å². The van der Waals surface area contributed by atoms with Crippen LogP contribution in [0, 0.1) is 0 Å². The fourth-order valence-corrected chi connectivity index (χ4v) is 1.19. The molecule has 0 spiro atoms. The molecule has 2 rings (SSSR count). The quantitative estimate of drug-likeness (QED) is 0.776. The van der Waals surface area contributed by atoms with Gasteiger partial charge in [-0.15, -0.1) is 0 Å². The highest BCUT2D eigenvalue weighted by Gasteiger charge is 2.09. The van der Waals surface area contributed by atoms with E-state index < -0.39 is 5.91 Å². The van der Waals surface area contributed by atoms with Gasteiger partial charge in [0.1, 0.15) is 5.56 Å². The lowest BCUT2D eigenvalue weighted by Gasteiger charge is -2.01. The molecule has 0 aliphatic heterocycles. The Kier molecular flexibility index (Phi) is 2.81. The van der Waals surface area contributed by atoms with Crippen molar-refractivity contribution in [1.29, 1.82) is 0 Å². The van der Waals surface area contributed by atoms with E-state index in [4.69, 9.17) is 4.52 Å². The van der Waals surface area contributed by atoms with Crippen LogP contribution in [0.5, 0.6) is 0 Å². The van der Waals surface area contributed by atoms with Crippen LogP contribution in [0.2, 0.25) is 0 Å². The smallest absolute Gasteiger partial charge is 0.257 e. The van der Waals surface area contributed by atoms with Crippen molar-refractivity contribution in [3.8, 4) is 0 Å². The third-order valence-corrected chi connectivity index (χ3v) is 1.98. The second kappa shape index (κ2) is 4.43. The van der Waals surface area contributed by atoms with Gasteiger partial charge in [0.05, 0.1) is 12.7 Å². The number of nitrogens with zero attached hydrogens (tertiary/aromatic N) is 1. The molecule has 0 bridgehead atoms. The summed E-state index contributed by atoms with van der Waals surface area (Å²) < 4.78 is 4.80. The van der Waals surface area contributed by atoms with Crippen molar-refractivity contribution in [3.05, 3.63) is 52.3 Å². The van der Waals surface area contributed by atoms with Crippen LogP contribution in [0.3, 0.4) is 0 Å². The molecule has 6 heteroatoms. The molecular weight excluding hydrogens is 210 g/mol. The van der Waals surface area contributed by atoms with Crippen LogP contribution in [0.25, 0.3) is 0 Å². The average molecular weight is 219 g/mol. The van der Waals surface area contributed by atoms with Crippen molar-refractivity contribution in [2.75, 3.05) is 0 Å². The van der Waals surface area contributed by atoms with Gasteiger partial charge in [-0.3, -0.25) is 9.59 Å². The van der Waals surface area contributed by atoms with Gasteiger partial charge in [-0.1, -0.05) is 5.16 Å². The summed E-state index contributed by atoms with van der Waals surface area (Å²) in [5.41, 5.74) is -0.254. The highest BCUT2D eigenvalue weighted by molar-refractivity contribution is 5.93. The summed E-state index contributed by atoms with van der Waals surface area (Å²) in [5.74, 6) is 0.0824. The van der Waals surface area contributed by atoms with Gasteiger partial charge >= 0.3 is 0 Å². The van der Waals surface area contributed by atoms with Crippen LogP contribution in [-0.4, -0.2) is 16.0 Å². The minimum Gasteiger partial charge on any atom is -0.367 e. The summed E-state index contributed by atoms with van der Waals surface area (Å²) in [6.07, 6.45) is 4.31. The van der Waals surface area contributed by atoms with E-state index in [9.17, 15) is 9.59 Å². The molecule has 2 aromatic rings. The summed E-state index contributed by atoms with van der Waals surface area (Å²) in [5, 5.41) is 6.05. The molecule has 0 unspecified atom stereocenters. The van der Waals surface area contributed by atoms with Crippen LogP contribution in [0.15, 0.2) is 40.0 Å². The summed E-state index contributed by atoms with van der Waals surface area (Å²) in [4.78, 5) is 25.6. The first-order valence-electron chi connectivity index (χ1n) is 4.62. The number of rotatable bonds is 3. The number of nitrogens with one attached hydrogen (secondary N) is 2. The Morgan fingerprint density at radius 3 is 3.06 bits per heavy atom. The predicted molar refractivity (Wildman–Crippen MR) is 54.7 cm³/mol. The SMILES string of the molecule is O=C(NCc1ccno1)c1c[nH]ccc1=O. The third-order valence-electron chi connectivity index (χ3n) is 1.98. The van der Waals surface area contributed by atoms with Crippen LogP contribution in [-0.2, 0) is 6.54 Å². The van der Waals surface area contributed by atoms with Crippen LogP contribution in [0.1, 0.15) is 16.1 Å². The Hall–Kier alpha value is -2.37. The standard InChI is InChI=1S/C10H9N3O3/c14-9-2-3-11-6-8(9)10(15)12-5-7-1-4-13-16-7/h1-4,6H,5H2,(H,11,14)(H,12,15). The van der Waals surface area contributed by atoms with Crippen LogP contribution < -0.4 is 10.7 Å². The Morgan fingerprint density at radius 1 is 1.50 bits per heavy atom. The fourth-order valence-electron chi connectivity index (χ4n) is 1.19. The van der Waals surface area contributed by atoms with E-state index in [-0.39, 0.29) is 17.5 Å². The highest BCUT2D eigenvalue weighted by Crippen LogP contribution is 1.96. The fraction of sp³-hybridized carbons (Fsp3) is 0.100. The molecule has 0 aliphatic carbocycles. The molecule has 82 valence electrons. The second-order valence-electron chi connectivity index (χ2n) is 3.08. The molecule has 0 radical (unpaired) electrons. The van der Waals surface area contributed by atoms with E-state index in [0.717, 1.165) is 0 Å². The molecule has 1 amide bonds. The van der Waals surface area contributed by atoms with Gasteiger partial charge in [-0.05, 0) is 0 Å². The summed E-state index contributed by atoms with van der Waals surface area (Å²) >= 11 is 0. The van der Waals surface area contributed by atoms with E-state index in [2.05, 4.69) is 15.5 Å². The van der Waals surface area contributed by atoms with E-state index in [0.29, 0.717) is 5.76 Å². The highest BCUT2D eigenvalue weighted by atomic mass is 16.5. The number of aromatic nitrogens is 2. The van der Waals surface area contributed by atoms with Crippen LogP contribution in [0.4, 0.5) is 0 Å². The molecule has 0 fully saturated rings. The summed E-state index contributed by atoms with van der Waals surface area (Å²) in [6, 6.07) is 2.93. The summed E-state index contributed by atoms with van der Waals surface area (Å²) in [6.45, 7) is 0.202. The first-order valence-corrected chi connectivity index (χ1v) is 4.62. The van der Waals surface area contributed by atoms with Gasteiger partial charge < -0.3 is 14.8 Å². The number of H-pyrrole nitrogens is 1. The van der Waals surface area contributed by atoms with E-state index in [1.165, 1.54) is 24.7 Å². The number of aromatic amines is 1. The van der Waals surface area contributed by atoms with E-state index in [1.807, 2.05) is 0 Å². The number of carbonyl (C=O) groups excluding carboxylic acids is 1. The van der Waals surface area contributed by atoms with Gasteiger partial charge in [0.25, 0.3) is 5.91 Å². The molecule has 16 heavy (non-hydrogen) atoms. The zero-order valence-electron chi connectivity index (χ0n) is 8.27. The van der Waals surface area contributed by atoms with Crippen molar-refractivity contribution in [2.24, 2.45) is 0 Å². The number of hydrogen-bond donors (Lipinski definition) is 2. The molecule has 0 saturated heterocycles. The monoisotopic (exact) mass is 219 g/mol. The Balaban J connectivity index is 2.04. The number of amides is 1. The normalized spacial score (nSPS) is 10.0. The van der Waals surface area contributed by atoms with Crippen molar-refractivity contribution in [3.63, 3.8) is 0 Å². The maximum absolute atomic E-state index is 11.6. The zero-order valence-corrected chi connectivity index (χ0v) is 8.27. The van der Waals surface area contributed by atoms with Crippen LogP contribution >= 0.6 is 0 Å². The predicted octanol–water partition coefficient (Wildman–Crippen LogP) is 0.293. The molecule has 2 aromatic heterocycles. The maximum Gasteiger partial charge on any atom is 0.257 e. The average Bonchev–Trinajstić information content (AvgIpc) is 2.79. The minimum atomic E-state index is -0.446. The van der Waals surface area contributed by atoms with Gasteiger partial charge in [-0.25, -0.2) is 0 Å². The molecule has 0 aliphatic rings. The molecule has 0 aromatic carbocycles. The largest absolute Gasteiger partial charge is 0.367 e. The van der Waals surface area contributed by atoms with E-state index in [1.54, 1.807) is 6.07 Å². The molecule has 6 nitrogen and oxygen atoms in total. The molecular formula is C10H9N3O3. The first-order chi connectivity index (χ1) is 7.77. The lowest BCUT2D eigenvalue weighted by molar-refractivity contribution is 0.0945. The Labute approximate surface area is 90.3 Å². The minimum absolute atomic E-state index is 0.0713. The van der Waals surface area contributed by atoms with Crippen molar-refractivity contribution < 1.29 is 9.32 Å². The lowest BCUT2D eigenvalue weighted by atomic mass is 10.2. The van der Waals surface area contributed by atoms with Gasteiger partial charge in [0.2, 0.25) is 0 Å². The van der Waals surface area contributed by atoms with Crippen molar-refractivity contribution in [2.45, 2.75) is 6.54 Å². The second-order valence-corrected chi connectivity index (χ2v) is 3.08. The van der Waals surface area contributed by atoms with Crippen molar-refractivity contribution >= 4 is 5.91 Å². The van der Waals surface area contributed by atoms with Crippen molar-refractivity contribution in [1.82, 2.24) is 15.5 Å². The van der Waals surface area contributed by atoms with Gasteiger partial charge in [-0.2, -0.15) is 0 Å². The third kappa shape index (κ3) is 2.17. The number of hydrogen-bond acceptors (Lipinski definition) is 4. The molecule has 0 atom stereocenters. The summed E-state index contributed by atoms with van der Waals surface area (Å²) in [7, 11) is 0. The maximum atomic E-state index is 11.6. The lowest BCUT2D eigenvalue weighted by Crippen LogP contribution is -2.27.